The first-order valence-electron chi connectivity index (χ1n) is 8.97. The lowest BCUT2D eigenvalue weighted by atomic mass is 9.99. The van der Waals surface area contributed by atoms with Crippen molar-refractivity contribution in [3.05, 3.63) is 23.3 Å². The van der Waals surface area contributed by atoms with Crippen molar-refractivity contribution in [3.8, 4) is 11.5 Å². The summed E-state index contributed by atoms with van der Waals surface area (Å²) in [5.41, 5.74) is 2.49. The van der Waals surface area contributed by atoms with Crippen molar-refractivity contribution in [1.29, 1.82) is 0 Å². The molecule has 0 radical (unpaired) electrons. The van der Waals surface area contributed by atoms with Crippen LogP contribution in [0.5, 0.6) is 11.5 Å². The predicted molar refractivity (Wildman–Crippen MR) is 101 cm³/mol. The number of fused-ring (bicyclic) bond motifs is 1. The molecule has 0 spiro atoms. The zero-order chi connectivity index (χ0) is 18.9. The van der Waals surface area contributed by atoms with E-state index in [1.807, 2.05) is 13.0 Å². The number of guanidine groups is 1. The number of carbonyl (C=O) groups excluding carboxylic acids is 1. The second-order valence-electron chi connectivity index (χ2n) is 6.03. The Labute approximate surface area is 155 Å². The van der Waals surface area contributed by atoms with Crippen molar-refractivity contribution in [2.45, 2.75) is 32.7 Å². The molecule has 0 amide bonds. The Hall–Kier alpha value is -2.44. The van der Waals surface area contributed by atoms with Gasteiger partial charge in [0, 0.05) is 33.1 Å². The van der Waals surface area contributed by atoms with E-state index in [1.165, 1.54) is 11.1 Å². The zero-order valence-corrected chi connectivity index (χ0v) is 16.1. The molecular formula is C19H29N3O4. The smallest absolute Gasteiger partial charge is 0.305 e. The largest absolute Gasteiger partial charge is 0.493 e. The normalized spacial score (nSPS) is 13.8. The number of rotatable bonds is 7. The van der Waals surface area contributed by atoms with Gasteiger partial charge in [-0.1, -0.05) is 0 Å². The third-order valence-corrected chi connectivity index (χ3v) is 4.38. The fourth-order valence-electron chi connectivity index (χ4n) is 3.06. The minimum Gasteiger partial charge on any atom is -0.493 e. The first-order valence-corrected chi connectivity index (χ1v) is 8.97. The van der Waals surface area contributed by atoms with E-state index in [9.17, 15) is 4.79 Å². The molecule has 1 heterocycles. The van der Waals surface area contributed by atoms with Crippen LogP contribution < -0.4 is 14.8 Å². The van der Waals surface area contributed by atoms with Gasteiger partial charge in [-0.25, -0.2) is 0 Å². The summed E-state index contributed by atoms with van der Waals surface area (Å²) in [5, 5.41) is 3.33. The average molecular weight is 363 g/mol. The number of carbonyl (C=O) groups is 1. The molecule has 1 N–H and O–H groups in total. The van der Waals surface area contributed by atoms with Crippen LogP contribution in [-0.4, -0.2) is 57.8 Å². The Kier molecular flexibility index (Phi) is 7.56. The molecule has 0 unspecified atom stereocenters. The summed E-state index contributed by atoms with van der Waals surface area (Å²) in [7, 11) is 5.08. The van der Waals surface area contributed by atoms with E-state index in [-0.39, 0.29) is 5.97 Å². The lowest BCUT2D eigenvalue weighted by Gasteiger charge is -2.32. The minimum atomic E-state index is -0.155. The lowest BCUT2D eigenvalue weighted by Crippen LogP contribution is -2.44. The molecule has 144 valence electrons. The second-order valence-corrected chi connectivity index (χ2v) is 6.03. The van der Waals surface area contributed by atoms with E-state index in [2.05, 4.69) is 21.3 Å². The molecule has 0 saturated carbocycles. The van der Waals surface area contributed by atoms with E-state index in [0.29, 0.717) is 26.0 Å². The molecule has 1 aliphatic rings. The Morgan fingerprint density at radius 3 is 2.54 bits per heavy atom. The van der Waals surface area contributed by atoms with Crippen molar-refractivity contribution in [3.63, 3.8) is 0 Å². The molecule has 26 heavy (non-hydrogen) atoms. The topological polar surface area (TPSA) is 72.4 Å². The molecule has 1 aromatic rings. The van der Waals surface area contributed by atoms with Gasteiger partial charge in [-0.05, 0) is 43.0 Å². The molecule has 1 aliphatic heterocycles. The second kappa shape index (κ2) is 9.89. The summed E-state index contributed by atoms with van der Waals surface area (Å²) < 4.78 is 15.7. The number of hydrogen-bond donors (Lipinski definition) is 1. The zero-order valence-electron chi connectivity index (χ0n) is 16.1. The summed E-state index contributed by atoms with van der Waals surface area (Å²) in [6, 6.07) is 4.09. The van der Waals surface area contributed by atoms with Gasteiger partial charge in [-0.15, -0.1) is 0 Å². The number of benzene rings is 1. The van der Waals surface area contributed by atoms with Crippen LogP contribution in [0.25, 0.3) is 0 Å². The molecule has 0 bridgehead atoms. The van der Waals surface area contributed by atoms with E-state index < -0.39 is 0 Å². The maximum absolute atomic E-state index is 11.4. The quantitative estimate of drug-likeness (QED) is 0.346. The van der Waals surface area contributed by atoms with Gasteiger partial charge in [0.05, 0.1) is 20.8 Å². The molecule has 0 saturated heterocycles. The molecule has 0 aromatic heterocycles. The number of esters is 1. The summed E-state index contributed by atoms with van der Waals surface area (Å²) >= 11 is 0. The van der Waals surface area contributed by atoms with E-state index >= 15 is 0 Å². The van der Waals surface area contributed by atoms with Crippen molar-refractivity contribution >= 4 is 11.9 Å². The Balaban J connectivity index is 1.94. The standard InChI is InChI=1S/C19H29N3O4/c1-5-26-18(23)7-6-9-21-19(20-2)22-10-8-14-11-16(24-3)17(25-4)12-15(14)13-22/h11-12H,5-10,13H2,1-4H3,(H,20,21). The van der Waals surface area contributed by atoms with Crippen molar-refractivity contribution in [1.82, 2.24) is 10.2 Å². The number of methoxy groups -OCH3 is 2. The Morgan fingerprint density at radius 2 is 1.92 bits per heavy atom. The molecule has 0 fully saturated rings. The maximum Gasteiger partial charge on any atom is 0.305 e. The fourth-order valence-corrected chi connectivity index (χ4v) is 3.06. The van der Waals surface area contributed by atoms with Crippen LogP contribution >= 0.6 is 0 Å². The Bertz CT molecular complexity index is 646. The molecule has 0 aliphatic carbocycles. The van der Waals surface area contributed by atoms with Crippen molar-refractivity contribution in [2.75, 3.05) is 41.0 Å². The minimum absolute atomic E-state index is 0.155. The van der Waals surface area contributed by atoms with Crippen LogP contribution in [0.3, 0.4) is 0 Å². The number of ether oxygens (including phenoxy) is 3. The predicted octanol–water partition coefficient (Wildman–Crippen LogP) is 1.98. The van der Waals surface area contributed by atoms with E-state index in [4.69, 9.17) is 14.2 Å². The molecular weight excluding hydrogens is 334 g/mol. The van der Waals surface area contributed by atoms with Crippen molar-refractivity contribution < 1.29 is 19.0 Å². The van der Waals surface area contributed by atoms with Crippen LogP contribution in [0, 0.1) is 0 Å². The molecule has 7 heteroatoms. The Morgan fingerprint density at radius 1 is 1.23 bits per heavy atom. The van der Waals surface area contributed by atoms with Crippen LogP contribution in [-0.2, 0) is 22.5 Å². The van der Waals surface area contributed by atoms with E-state index in [1.54, 1.807) is 21.3 Å². The van der Waals surface area contributed by atoms with Gasteiger partial charge >= 0.3 is 5.97 Å². The molecule has 7 nitrogen and oxygen atoms in total. The molecule has 1 aromatic carbocycles. The highest BCUT2D eigenvalue weighted by molar-refractivity contribution is 5.80. The molecule has 0 atom stereocenters. The summed E-state index contributed by atoms with van der Waals surface area (Å²) in [6.07, 6.45) is 2.05. The fraction of sp³-hybridized carbons (Fsp3) is 0.579. The number of nitrogens with zero attached hydrogens (tertiary/aromatic N) is 2. The van der Waals surface area contributed by atoms with Gasteiger partial charge in [0.15, 0.2) is 17.5 Å². The maximum atomic E-state index is 11.4. The summed E-state index contributed by atoms with van der Waals surface area (Å²) in [4.78, 5) is 18.0. The first-order chi connectivity index (χ1) is 12.6. The van der Waals surface area contributed by atoms with Crippen LogP contribution in [0.15, 0.2) is 17.1 Å². The van der Waals surface area contributed by atoms with Crippen LogP contribution in [0.4, 0.5) is 0 Å². The number of nitrogens with one attached hydrogen (secondary N) is 1. The molecule has 2 rings (SSSR count). The number of aliphatic imine (C=N–C) groups is 1. The van der Waals surface area contributed by atoms with Gasteiger partial charge < -0.3 is 24.4 Å². The van der Waals surface area contributed by atoms with Gasteiger partial charge in [-0.3, -0.25) is 9.79 Å². The summed E-state index contributed by atoms with van der Waals surface area (Å²) in [5.74, 6) is 2.19. The average Bonchev–Trinajstić information content (AvgIpc) is 2.66. The summed E-state index contributed by atoms with van der Waals surface area (Å²) in [6.45, 7) is 4.56. The number of hydrogen-bond acceptors (Lipinski definition) is 5. The highest BCUT2D eigenvalue weighted by atomic mass is 16.5. The lowest BCUT2D eigenvalue weighted by molar-refractivity contribution is -0.143. The highest BCUT2D eigenvalue weighted by Crippen LogP contribution is 2.33. The van der Waals surface area contributed by atoms with Crippen LogP contribution in [0.2, 0.25) is 0 Å². The van der Waals surface area contributed by atoms with Gasteiger partial charge in [0.2, 0.25) is 0 Å². The SMILES string of the molecule is CCOC(=O)CCCNC(=NC)N1CCc2cc(OC)c(OC)cc2C1. The highest BCUT2D eigenvalue weighted by Gasteiger charge is 2.21. The van der Waals surface area contributed by atoms with E-state index in [0.717, 1.165) is 37.0 Å². The van der Waals surface area contributed by atoms with Gasteiger partial charge in [-0.2, -0.15) is 0 Å². The first kappa shape index (κ1) is 19.9. The van der Waals surface area contributed by atoms with Gasteiger partial charge in [0.25, 0.3) is 0 Å². The third kappa shape index (κ3) is 5.03. The van der Waals surface area contributed by atoms with Crippen LogP contribution in [0.1, 0.15) is 30.9 Å². The third-order valence-electron chi connectivity index (χ3n) is 4.38. The van der Waals surface area contributed by atoms with Gasteiger partial charge in [0.1, 0.15) is 0 Å². The monoisotopic (exact) mass is 363 g/mol. The van der Waals surface area contributed by atoms with Crippen molar-refractivity contribution in [2.24, 2.45) is 4.99 Å².